The van der Waals surface area contributed by atoms with Gasteiger partial charge in [-0.3, -0.25) is 4.79 Å². The predicted octanol–water partition coefficient (Wildman–Crippen LogP) is 4.47. The molecular weight excluding hydrogens is 414 g/mol. The second-order valence-electron chi connectivity index (χ2n) is 7.91. The summed E-state index contributed by atoms with van der Waals surface area (Å²) in [7, 11) is 0. The van der Waals surface area contributed by atoms with E-state index in [1.807, 2.05) is 59.3 Å². The van der Waals surface area contributed by atoms with Gasteiger partial charge in [-0.05, 0) is 62.1 Å². The predicted molar refractivity (Wildman–Crippen MR) is 126 cm³/mol. The maximum atomic E-state index is 12.3. The molecular formula is C26H23N5O2. The summed E-state index contributed by atoms with van der Waals surface area (Å²) >= 11 is 0. The summed E-state index contributed by atoms with van der Waals surface area (Å²) in [5.74, 6) is 6.75. The summed E-state index contributed by atoms with van der Waals surface area (Å²) in [6, 6.07) is 17.6. The number of rotatable bonds is 4. The van der Waals surface area contributed by atoms with Crippen molar-refractivity contribution in [3.05, 3.63) is 67.1 Å². The molecule has 0 bridgehead atoms. The van der Waals surface area contributed by atoms with Gasteiger partial charge in [0, 0.05) is 24.8 Å². The molecule has 1 amide bonds. The van der Waals surface area contributed by atoms with Crippen molar-refractivity contribution in [3.8, 4) is 34.6 Å². The number of carbonyl (C=O) groups is 1. The van der Waals surface area contributed by atoms with Crippen LogP contribution in [0.1, 0.15) is 25.8 Å². The maximum Gasteiger partial charge on any atom is 0.298 e. The van der Waals surface area contributed by atoms with Crippen LogP contribution >= 0.6 is 0 Å². The molecule has 2 aromatic heterocycles. The zero-order valence-corrected chi connectivity index (χ0v) is 18.3. The summed E-state index contributed by atoms with van der Waals surface area (Å²) in [6.45, 7) is 2.96. The van der Waals surface area contributed by atoms with E-state index in [4.69, 9.17) is 9.84 Å². The summed E-state index contributed by atoms with van der Waals surface area (Å²) in [5, 5.41) is 5.82. The second-order valence-corrected chi connectivity index (χ2v) is 7.91. The fraction of sp³-hybridized carbons (Fsp3) is 0.231. The molecule has 33 heavy (non-hydrogen) atoms. The van der Waals surface area contributed by atoms with E-state index in [0.717, 1.165) is 46.6 Å². The summed E-state index contributed by atoms with van der Waals surface area (Å²) in [5.41, 5.74) is 2.54. The molecule has 1 atom stereocenters. The molecule has 2 aromatic carbocycles. The first-order valence-corrected chi connectivity index (χ1v) is 11.0. The number of para-hydroxylation sites is 1. The van der Waals surface area contributed by atoms with Crippen molar-refractivity contribution in [2.45, 2.75) is 25.8 Å². The molecule has 0 aliphatic carbocycles. The van der Waals surface area contributed by atoms with Gasteiger partial charge in [0.05, 0.1) is 11.4 Å². The van der Waals surface area contributed by atoms with Gasteiger partial charge in [0.1, 0.15) is 23.5 Å². The minimum atomic E-state index is -0.137. The van der Waals surface area contributed by atoms with Gasteiger partial charge in [0.2, 0.25) is 0 Å². The highest BCUT2D eigenvalue weighted by atomic mass is 16.5. The molecule has 7 nitrogen and oxygen atoms in total. The lowest BCUT2D eigenvalue weighted by molar-refractivity contribution is -0.126. The lowest BCUT2D eigenvalue weighted by Gasteiger charge is -2.31. The van der Waals surface area contributed by atoms with Crippen LogP contribution in [0, 0.1) is 11.8 Å². The number of benzene rings is 2. The van der Waals surface area contributed by atoms with Gasteiger partial charge < -0.3 is 9.64 Å². The van der Waals surface area contributed by atoms with Crippen molar-refractivity contribution in [2.75, 3.05) is 13.1 Å². The Kier molecular flexibility index (Phi) is 5.73. The van der Waals surface area contributed by atoms with E-state index in [1.165, 1.54) is 6.33 Å². The SMILES string of the molecule is CC#CC(=O)N1CCC[C@H](n2nc(-c3ccc(Oc4ccccc4)cc3)c3cncnc32)C1. The van der Waals surface area contributed by atoms with Gasteiger partial charge in [0.15, 0.2) is 5.65 Å². The van der Waals surface area contributed by atoms with Crippen LogP contribution in [-0.2, 0) is 4.79 Å². The number of aromatic nitrogens is 4. The van der Waals surface area contributed by atoms with E-state index in [0.29, 0.717) is 13.1 Å². The Hall–Kier alpha value is -4.18. The molecule has 0 N–H and O–H groups in total. The third kappa shape index (κ3) is 4.28. The third-order valence-electron chi connectivity index (χ3n) is 5.74. The maximum absolute atomic E-state index is 12.3. The summed E-state index contributed by atoms with van der Waals surface area (Å²) in [6.07, 6.45) is 5.15. The molecule has 1 aliphatic rings. The van der Waals surface area contributed by atoms with Crippen molar-refractivity contribution >= 4 is 16.9 Å². The van der Waals surface area contributed by atoms with E-state index in [2.05, 4.69) is 21.8 Å². The van der Waals surface area contributed by atoms with E-state index >= 15 is 0 Å². The molecule has 3 heterocycles. The molecule has 4 aromatic rings. The van der Waals surface area contributed by atoms with Gasteiger partial charge in [-0.2, -0.15) is 5.10 Å². The monoisotopic (exact) mass is 437 g/mol. The van der Waals surface area contributed by atoms with Gasteiger partial charge in [0.25, 0.3) is 5.91 Å². The van der Waals surface area contributed by atoms with Crippen molar-refractivity contribution in [3.63, 3.8) is 0 Å². The van der Waals surface area contributed by atoms with Gasteiger partial charge in [-0.25, -0.2) is 14.6 Å². The van der Waals surface area contributed by atoms with Gasteiger partial charge in [-0.15, -0.1) is 0 Å². The first kappa shape index (κ1) is 20.7. The van der Waals surface area contributed by atoms with Crippen LogP contribution in [0.2, 0.25) is 0 Å². The number of nitrogens with zero attached hydrogens (tertiary/aromatic N) is 5. The van der Waals surface area contributed by atoms with Crippen LogP contribution in [0.4, 0.5) is 0 Å². The highest BCUT2D eigenvalue weighted by molar-refractivity contribution is 5.93. The highest BCUT2D eigenvalue weighted by Crippen LogP contribution is 2.32. The Morgan fingerprint density at radius 2 is 1.88 bits per heavy atom. The van der Waals surface area contributed by atoms with Crippen LogP contribution in [0.25, 0.3) is 22.3 Å². The van der Waals surface area contributed by atoms with Crippen LogP contribution in [0.3, 0.4) is 0 Å². The first-order valence-electron chi connectivity index (χ1n) is 11.0. The Bertz CT molecular complexity index is 1340. The molecule has 1 aliphatic heterocycles. The Balaban J connectivity index is 1.45. The molecule has 0 unspecified atom stereocenters. The Morgan fingerprint density at radius 3 is 2.67 bits per heavy atom. The lowest BCUT2D eigenvalue weighted by Crippen LogP contribution is -2.40. The van der Waals surface area contributed by atoms with Crippen LogP contribution in [-0.4, -0.2) is 43.6 Å². The zero-order chi connectivity index (χ0) is 22.6. The normalized spacial score (nSPS) is 15.7. The zero-order valence-electron chi connectivity index (χ0n) is 18.3. The number of fused-ring (bicyclic) bond motifs is 1. The fourth-order valence-electron chi connectivity index (χ4n) is 4.18. The van der Waals surface area contributed by atoms with Gasteiger partial charge in [-0.1, -0.05) is 24.1 Å². The van der Waals surface area contributed by atoms with Crippen LogP contribution < -0.4 is 4.74 Å². The molecule has 5 rings (SSSR count). The molecule has 1 saturated heterocycles. The van der Waals surface area contributed by atoms with E-state index in [-0.39, 0.29) is 11.9 Å². The Morgan fingerprint density at radius 1 is 1.09 bits per heavy atom. The number of piperidine rings is 1. The number of likely N-dealkylation sites (tertiary alicyclic amines) is 1. The minimum absolute atomic E-state index is 0.0354. The van der Waals surface area contributed by atoms with Gasteiger partial charge >= 0.3 is 0 Å². The average Bonchev–Trinajstić information content (AvgIpc) is 3.25. The molecule has 0 saturated carbocycles. The van der Waals surface area contributed by atoms with Crippen molar-refractivity contribution < 1.29 is 9.53 Å². The molecule has 7 heteroatoms. The summed E-state index contributed by atoms with van der Waals surface area (Å²) in [4.78, 5) is 22.9. The fourth-order valence-corrected chi connectivity index (χ4v) is 4.18. The second kappa shape index (κ2) is 9.13. The van der Waals surface area contributed by atoms with Crippen molar-refractivity contribution in [2.24, 2.45) is 0 Å². The number of hydrogen-bond acceptors (Lipinski definition) is 5. The highest BCUT2D eigenvalue weighted by Gasteiger charge is 2.27. The number of carbonyl (C=O) groups excluding carboxylic acids is 1. The molecule has 0 spiro atoms. The lowest BCUT2D eigenvalue weighted by atomic mass is 10.1. The van der Waals surface area contributed by atoms with E-state index < -0.39 is 0 Å². The van der Waals surface area contributed by atoms with Crippen molar-refractivity contribution in [1.82, 2.24) is 24.6 Å². The summed E-state index contributed by atoms with van der Waals surface area (Å²) < 4.78 is 7.86. The third-order valence-corrected chi connectivity index (χ3v) is 5.74. The van der Waals surface area contributed by atoms with Crippen molar-refractivity contribution in [1.29, 1.82) is 0 Å². The molecule has 0 radical (unpaired) electrons. The largest absolute Gasteiger partial charge is 0.457 e. The average molecular weight is 438 g/mol. The smallest absolute Gasteiger partial charge is 0.298 e. The van der Waals surface area contributed by atoms with Crippen LogP contribution in [0.15, 0.2) is 67.1 Å². The number of ether oxygens (including phenoxy) is 1. The topological polar surface area (TPSA) is 73.1 Å². The minimum Gasteiger partial charge on any atom is -0.457 e. The molecule has 164 valence electrons. The quantitative estimate of drug-likeness (QED) is 0.441. The van der Waals surface area contributed by atoms with Crippen LogP contribution in [0.5, 0.6) is 11.5 Å². The Labute approximate surface area is 192 Å². The first-order chi connectivity index (χ1) is 16.2. The standard InChI is InChI=1S/C26H23N5O2/c1-2-7-24(32)30-15-6-8-20(17-30)31-26-23(16-27-18-28-26)25(29-31)19-11-13-22(14-12-19)33-21-9-4-3-5-10-21/h3-5,9-14,16,18,20H,6,8,15,17H2,1H3/t20-/m0/s1. The molecule has 1 fully saturated rings. The number of amides is 1. The number of hydrogen-bond donors (Lipinski definition) is 0. The van der Waals surface area contributed by atoms with E-state index in [9.17, 15) is 4.79 Å². The van der Waals surface area contributed by atoms with E-state index in [1.54, 1.807) is 18.0 Å².